The Morgan fingerprint density at radius 1 is 0.632 bits per heavy atom. The van der Waals surface area contributed by atoms with E-state index in [1.807, 2.05) is 13.0 Å². The number of carboxylic acid groups (broad SMARTS) is 2. The molecular weight excluding hydrogens is 1420 g/mol. The zero-order valence-corrected chi connectivity index (χ0v) is 61.3. The van der Waals surface area contributed by atoms with Crippen molar-refractivity contribution in [3.05, 3.63) is 65.4 Å². The van der Waals surface area contributed by atoms with Crippen LogP contribution < -0.4 is 75.5 Å². The van der Waals surface area contributed by atoms with Gasteiger partial charge in [0.05, 0.1) is 13.0 Å². The van der Waals surface area contributed by atoms with Crippen molar-refractivity contribution in [3.8, 4) is 5.75 Å². The molecule has 10 atom stereocenters. The molecule has 1 unspecified atom stereocenters. The average molecular weight is 1520 g/mol. The van der Waals surface area contributed by atoms with Crippen LogP contribution in [0.4, 0.5) is 0 Å². The quantitative estimate of drug-likeness (QED) is 0.0396. The number of benzene rings is 2. The Morgan fingerprint density at radius 3 is 1.87 bits per heavy atom. The van der Waals surface area contributed by atoms with Crippen LogP contribution in [0.2, 0.25) is 0 Å². The van der Waals surface area contributed by atoms with E-state index in [2.05, 4.69) is 63.0 Å². The lowest BCUT2D eigenvalue weighted by molar-refractivity contribution is -0.143. The summed E-state index contributed by atoms with van der Waals surface area (Å²) in [5.41, 5.74) is 25.0. The van der Waals surface area contributed by atoms with Crippen molar-refractivity contribution in [2.75, 3.05) is 37.8 Å². The number of hydrogen-bond donors (Lipinski definition) is 16. The first-order chi connectivity index (χ1) is 50.6. The van der Waals surface area contributed by atoms with E-state index < -0.39 is 181 Å². The maximum absolute atomic E-state index is 15.2. The second-order valence-corrected chi connectivity index (χ2v) is 28.4. The van der Waals surface area contributed by atoms with Gasteiger partial charge < -0.3 is 100 Å². The number of nitrogens with one attached hydrogen (secondary N) is 10. The van der Waals surface area contributed by atoms with E-state index in [-0.39, 0.29) is 93.8 Å². The van der Waals surface area contributed by atoms with Crippen LogP contribution in [0.5, 0.6) is 5.75 Å². The van der Waals surface area contributed by atoms with Gasteiger partial charge in [-0.25, -0.2) is 0 Å². The fourth-order valence-corrected chi connectivity index (χ4v) is 13.9. The van der Waals surface area contributed by atoms with Gasteiger partial charge in [0, 0.05) is 72.5 Å². The zero-order valence-electron chi connectivity index (χ0n) is 59.6. The summed E-state index contributed by atoms with van der Waals surface area (Å²) in [4.78, 5) is 209. The number of aliphatic carboxylic acids is 2. The van der Waals surface area contributed by atoms with E-state index in [4.69, 9.17) is 32.5 Å². The first-order valence-electron chi connectivity index (χ1n) is 35.3. The first kappa shape index (κ1) is 84.7. The van der Waals surface area contributed by atoms with E-state index in [0.29, 0.717) is 65.4 Å². The van der Waals surface area contributed by atoms with Crippen LogP contribution >= 0.6 is 23.5 Å². The van der Waals surface area contributed by atoms with E-state index in [1.165, 1.54) is 30.5 Å². The third-order valence-electron chi connectivity index (χ3n) is 17.5. The minimum absolute atomic E-state index is 0.00880. The number of unbranched alkanes of at least 4 members (excludes halogenated alkanes) is 1. The Bertz CT molecular complexity index is 3670. The number of guanidine groups is 1. The minimum Gasteiger partial charge on any atom is -0.494 e. The number of thioether (sulfide) groups is 2. The standard InChI is InChI=1S/C69H99N17O18S2/c1-4-5-15-46-61(95)81-50(31-57(91)92)65(99)85-58(38(2)3)67(101)82-49(30-41-32-75-44-16-9-8-14-43(41)44)64(98)79-47(19-21-54(70)87)62(96)78-48(20-22-56(89)90)63(97)83-51(59(71)93)36-105-34-39-27-40-29-42(28-39)103-25-10-6-7-11-26-104-76-33-55(88)77-45(17-12-23-74-69(72)73)60(94)84-52(37-106-35-40)68(102)86-24-13-18-53(86)66(100)80-46/h8-9,14,16,27-29,32-33,38,45-53,58,75H,4-7,10-13,15,17-26,30-31,34-37H2,1-3H3,(H2,70,87)(H2,71,93)(H,77,88)(H,78,96)(H,79,98)(H,80,100)(H,81,95)(H,82,101)(H,83,97)(H,84,94)(H,85,99)(H,89,90)(H,91,92)(H4,72,73,74)/b76-33+/t45-,46-,47-,48-,49-,50-,51-,52-,53-,58?/m0/s1. The number of nitrogens with zero attached hydrogens (tertiary/aromatic N) is 3. The number of aromatic amines is 1. The second kappa shape index (κ2) is 43.3. The number of aromatic nitrogens is 1. The zero-order chi connectivity index (χ0) is 77.4. The SMILES string of the molecule is CCCC[C@@H]1NC(=O)[C@@H]2CCCN2C(=O)[C@@H]2CSCc3cc(cc(c3)OCCCCCCO/N=C/C(=O)N[C@@H](CCCN=C(N)N)C(=O)N2)CSC[C@@H](C(N)=O)NC(=O)[C@H](CCC(=O)O)NC(=O)[C@H](CCC(N)=O)NC(=O)[C@H](Cc2c[nH]c3ccccc23)NC(=O)C(C(C)C)NC(=O)[C@H](CC(=O)O)NC1=O. The highest BCUT2D eigenvalue weighted by molar-refractivity contribution is 7.98. The lowest BCUT2D eigenvalue weighted by atomic mass is 9.99. The molecule has 12 amide bonds. The molecule has 4 heterocycles. The van der Waals surface area contributed by atoms with Gasteiger partial charge in [0.1, 0.15) is 79.0 Å². The number of ether oxygens (including phenoxy) is 1. The predicted molar refractivity (Wildman–Crippen MR) is 392 cm³/mol. The van der Waals surface area contributed by atoms with E-state index >= 15 is 4.79 Å². The summed E-state index contributed by atoms with van der Waals surface area (Å²) in [6, 6.07) is -3.05. The number of para-hydroxylation sites is 1. The molecule has 0 aliphatic carbocycles. The third-order valence-corrected chi connectivity index (χ3v) is 19.7. The summed E-state index contributed by atoms with van der Waals surface area (Å²) < 4.78 is 6.28. The van der Waals surface area contributed by atoms with Gasteiger partial charge in [0.25, 0.3) is 5.91 Å². The molecule has 0 spiro atoms. The highest BCUT2D eigenvalue weighted by atomic mass is 32.2. The molecule has 6 rings (SSSR count). The Kier molecular flexibility index (Phi) is 34.6. The minimum atomic E-state index is -1.91. The number of carboxylic acids is 2. The van der Waals surface area contributed by atoms with E-state index in [1.54, 1.807) is 42.6 Å². The van der Waals surface area contributed by atoms with Crippen molar-refractivity contribution in [1.82, 2.24) is 57.7 Å². The molecule has 35 nitrogen and oxygen atoms in total. The average Bonchev–Trinajstić information content (AvgIpc) is 1.70. The van der Waals surface area contributed by atoms with Crippen LogP contribution in [0.15, 0.2) is 58.8 Å². The Balaban J connectivity index is 1.44. The number of rotatable bonds is 19. The number of primary amides is 2. The number of nitrogens with two attached hydrogens (primary N) is 4. The molecule has 37 heteroatoms. The molecule has 0 radical (unpaired) electrons. The number of carbonyl (C=O) groups is 14. The molecular formula is C69H99N17O18S2. The van der Waals surface area contributed by atoms with Crippen LogP contribution in [0.3, 0.4) is 0 Å². The van der Waals surface area contributed by atoms with Gasteiger partial charge in [-0.05, 0) is 111 Å². The molecule has 3 aliphatic heterocycles. The van der Waals surface area contributed by atoms with Crippen LogP contribution in [-0.2, 0) is 89.9 Å². The summed E-state index contributed by atoms with van der Waals surface area (Å²) >= 11 is 2.38. The Hall–Kier alpha value is -10.2. The Morgan fingerprint density at radius 2 is 1.22 bits per heavy atom. The fraction of sp³-hybridized carbons (Fsp3) is 0.565. The number of carbonyl (C=O) groups excluding carboxylic acids is 12. The molecule has 20 N–H and O–H groups in total. The largest absolute Gasteiger partial charge is 0.494 e. The summed E-state index contributed by atoms with van der Waals surface area (Å²) in [7, 11) is 0. The normalized spacial score (nSPS) is 24.3. The molecule has 4 bridgehead atoms. The highest BCUT2D eigenvalue weighted by Gasteiger charge is 2.41. The lowest BCUT2D eigenvalue weighted by Crippen LogP contribution is -2.61. The van der Waals surface area contributed by atoms with Crippen molar-refractivity contribution in [2.24, 2.45) is 39.0 Å². The predicted octanol–water partition coefficient (Wildman–Crippen LogP) is -0.810. The molecule has 1 aromatic heterocycles. The van der Waals surface area contributed by atoms with Crippen molar-refractivity contribution < 1.29 is 86.9 Å². The van der Waals surface area contributed by atoms with Crippen molar-refractivity contribution in [3.63, 3.8) is 0 Å². The summed E-state index contributed by atoms with van der Waals surface area (Å²) in [6.07, 6.45) is 2.76. The first-order valence-corrected chi connectivity index (χ1v) is 37.6. The van der Waals surface area contributed by atoms with Gasteiger partial charge >= 0.3 is 11.9 Å². The molecule has 2 aromatic carbocycles. The highest BCUT2D eigenvalue weighted by Crippen LogP contribution is 2.28. The number of H-pyrrole nitrogens is 1. The summed E-state index contributed by atoms with van der Waals surface area (Å²) in [5.74, 6) is -14.9. The van der Waals surface area contributed by atoms with Gasteiger partial charge in [-0.1, -0.05) is 63.0 Å². The molecule has 3 aliphatic rings. The molecule has 1 saturated heterocycles. The Labute approximate surface area is 621 Å². The van der Waals surface area contributed by atoms with Gasteiger partial charge in [0.2, 0.25) is 65.0 Å². The van der Waals surface area contributed by atoms with Gasteiger partial charge in [0.15, 0.2) is 5.96 Å². The smallest absolute Gasteiger partial charge is 0.305 e. The van der Waals surface area contributed by atoms with E-state index in [9.17, 15) is 72.5 Å². The molecule has 1 fully saturated rings. The topological polar surface area (TPSA) is 554 Å². The van der Waals surface area contributed by atoms with Gasteiger partial charge in [-0.15, -0.1) is 0 Å². The van der Waals surface area contributed by atoms with Crippen LogP contribution in [0.25, 0.3) is 10.9 Å². The summed E-state index contributed by atoms with van der Waals surface area (Å²) in [6.45, 7) is 5.37. The van der Waals surface area contributed by atoms with Crippen LogP contribution in [-0.4, -0.2) is 213 Å². The number of hydrogen-bond acceptors (Lipinski definition) is 20. The fourth-order valence-electron chi connectivity index (χ4n) is 11.9. The number of fused-ring (bicyclic) bond motifs is 7. The molecule has 3 aromatic rings. The number of amides is 12. The lowest BCUT2D eigenvalue weighted by Gasteiger charge is -2.31. The van der Waals surface area contributed by atoms with Crippen molar-refractivity contribution in [1.29, 1.82) is 0 Å². The molecule has 0 saturated carbocycles. The van der Waals surface area contributed by atoms with Crippen LogP contribution in [0, 0.1) is 5.92 Å². The maximum atomic E-state index is 15.2. The molecule has 106 heavy (non-hydrogen) atoms. The summed E-state index contributed by atoms with van der Waals surface area (Å²) in [5, 5.41) is 47.7. The van der Waals surface area contributed by atoms with Gasteiger partial charge in [-0.3, -0.25) is 72.1 Å². The van der Waals surface area contributed by atoms with Crippen molar-refractivity contribution in [2.45, 2.75) is 202 Å². The third kappa shape index (κ3) is 28.0. The second-order valence-electron chi connectivity index (χ2n) is 26.3. The van der Waals surface area contributed by atoms with E-state index in [0.717, 1.165) is 24.4 Å². The monoisotopic (exact) mass is 1520 g/mol. The number of oxime groups is 1. The van der Waals surface area contributed by atoms with Crippen molar-refractivity contribution >= 4 is 129 Å². The van der Waals surface area contributed by atoms with Gasteiger partial charge in [-0.2, -0.15) is 23.5 Å². The number of aliphatic imine (C=N–C) groups is 1. The van der Waals surface area contributed by atoms with Crippen LogP contribution in [0.1, 0.15) is 140 Å². The molecule has 580 valence electrons. The maximum Gasteiger partial charge on any atom is 0.305 e.